The lowest BCUT2D eigenvalue weighted by molar-refractivity contribution is -0.384. The van der Waals surface area contributed by atoms with Gasteiger partial charge in [-0.2, -0.15) is 0 Å². The van der Waals surface area contributed by atoms with Gasteiger partial charge >= 0.3 is 0 Å². The summed E-state index contributed by atoms with van der Waals surface area (Å²) in [7, 11) is 0. The minimum atomic E-state index is -0.316. The molecule has 1 aliphatic rings. The number of rotatable bonds is 4. The summed E-state index contributed by atoms with van der Waals surface area (Å²) in [5, 5.41) is 14.2. The molecule has 4 nitrogen and oxygen atoms in total. The molecular formula is C13H18N2O2. The molecule has 1 N–H and O–H groups in total. The predicted molar refractivity (Wildman–Crippen MR) is 67.2 cm³/mol. The van der Waals surface area contributed by atoms with Crippen LogP contribution in [0.4, 0.5) is 5.69 Å². The molecule has 1 aromatic carbocycles. The lowest BCUT2D eigenvalue weighted by atomic mass is 9.88. The lowest BCUT2D eigenvalue weighted by Crippen LogP contribution is -2.34. The Morgan fingerprint density at radius 3 is 3.00 bits per heavy atom. The topological polar surface area (TPSA) is 55.2 Å². The van der Waals surface area contributed by atoms with Gasteiger partial charge in [0.15, 0.2) is 0 Å². The van der Waals surface area contributed by atoms with Crippen molar-refractivity contribution < 1.29 is 4.92 Å². The van der Waals surface area contributed by atoms with Crippen LogP contribution in [-0.2, 0) is 12.8 Å². The van der Waals surface area contributed by atoms with Crippen LogP contribution >= 0.6 is 0 Å². The molecular weight excluding hydrogens is 216 g/mol. The molecule has 17 heavy (non-hydrogen) atoms. The largest absolute Gasteiger partial charge is 0.314 e. The fraction of sp³-hybridized carbons (Fsp3) is 0.538. The Hall–Kier alpha value is -1.42. The van der Waals surface area contributed by atoms with Crippen LogP contribution in [0.25, 0.3) is 0 Å². The van der Waals surface area contributed by atoms with Crippen LogP contribution in [0.1, 0.15) is 30.9 Å². The summed E-state index contributed by atoms with van der Waals surface area (Å²) in [5.74, 6) is 0. The summed E-state index contributed by atoms with van der Waals surface area (Å²) in [6.45, 7) is 3.17. The van der Waals surface area contributed by atoms with Gasteiger partial charge in [0.1, 0.15) is 0 Å². The van der Waals surface area contributed by atoms with Gasteiger partial charge < -0.3 is 5.32 Å². The van der Waals surface area contributed by atoms with Crippen LogP contribution in [0.5, 0.6) is 0 Å². The van der Waals surface area contributed by atoms with E-state index in [2.05, 4.69) is 12.2 Å². The Kier molecular flexibility index (Phi) is 3.74. The van der Waals surface area contributed by atoms with Crippen molar-refractivity contribution in [3.8, 4) is 0 Å². The van der Waals surface area contributed by atoms with Gasteiger partial charge in [0, 0.05) is 18.2 Å². The van der Waals surface area contributed by atoms with Gasteiger partial charge in [0.05, 0.1) is 4.92 Å². The van der Waals surface area contributed by atoms with E-state index in [0.717, 1.165) is 37.8 Å². The highest BCUT2D eigenvalue weighted by Crippen LogP contribution is 2.25. The van der Waals surface area contributed by atoms with E-state index >= 15 is 0 Å². The summed E-state index contributed by atoms with van der Waals surface area (Å²) in [6.07, 6.45) is 4.19. The molecule has 0 aromatic heterocycles. The van der Waals surface area contributed by atoms with E-state index in [-0.39, 0.29) is 10.6 Å². The summed E-state index contributed by atoms with van der Waals surface area (Å²) >= 11 is 0. The van der Waals surface area contributed by atoms with E-state index in [9.17, 15) is 10.1 Å². The van der Waals surface area contributed by atoms with Crippen LogP contribution < -0.4 is 5.32 Å². The van der Waals surface area contributed by atoms with Crippen molar-refractivity contribution in [2.75, 3.05) is 6.54 Å². The van der Waals surface area contributed by atoms with Crippen LogP contribution in [0.3, 0.4) is 0 Å². The Bertz CT molecular complexity index is 418. The van der Waals surface area contributed by atoms with Crippen molar-refractivity contribution in [3.05, 3.63) is 39.4 Å². The fourth-order valence-corrected chi connectivity index (χ4v) is 2.38. The van der Waals surface area contributed by atoms with E-state index in [0.29, 0.717) is 6.04 Å². The average molecular weight is 234 g/mol. The van der Waals surface area contributed by atoms with Crippen molar-refractivity contribution >= 4 is 5.69 Å². The molecule has 0 heterocycles. The highest BCUT2D eigenvalue weighted by molar-refractivity contribution is 5.41. The third-order valence-electron chi connectivity index (χ3n) is 3.31. The SMILES string of the molecule is CCCN[C@@H]1CCc2ccc([N+](=O)[O-])cc2C1. The number of nitrogens with zero attached hydrogens (tertiary/aromatic N) is 1. The quantitative estimate of drug-likeness (QED) is 0.643. The van der Waals surface area contributed by atoms with E-state index in [1.807, 2.05) is 6.07 Å². The molecule has 4 heteroatoms. The monoisotopic (exact) mass is 234 g/mol. The van der Waals surface area contributed by atoms with Gasteiger partial charge in [-0.3, -0.25) is 10.1 Å². The molecule has 1 atom stereocenters. The van der Waals surface area contributed by atoms with E-state index in [1.165, 1.54) is 5.56 Å². The molecule has 0 saturated carbocycles. The number of fused-ring (bicyclic) bond motifs is 1. The Morgan fingerprint density at radius 1 is 1.47 bits per heavy atom. The zero-order chi connectivity index (χ0) is 12.3. The standard InChI is InChI=1S/C13H18N2O2/c1-2-7-14-12-5-3-10-4-6-13(15(16)17)9-11(10)8-12/h4,6,9,12,14H,2-3,5,7-8H2,1H3/t12-/m1/s1. The Morgan fingerprint density at radius 2 is 2.29 bits per heavy atom. The second kappa shape index (κ2) is 5.27. The Balaban J connectivity index is 2.12. The highest BCUT2D eigenvalue weighted by atomic mass is 16.6. The van der Waals surface area contributed by atoms with E-state index in [4.69, 9.17) is 0 Å². The highest BCUT2D eigenvalue weighted by Gasteiger charge is 2.20. The maximum absolute atomic E-state index is 10.7. The molecule has 0 radical (unpaired) electrons. The molecule has 0 fully saturated rings. The number of nitro groups is 1. The predicted octanol–water partition coefficient (Wildman–Crippen LogP) is 2.45. The van der Waals surface area contributed by atoms with Crippen LogP contribution in [0.2, 0.25) is 0 Å². The summed E-state index contributed by atoms with van der Waals surface area (Å²) in [5.41, 5.74) is 2.61. The number of benzene rings is 1. The van der Waals surface area contributed by atoms with Crippen molar-refractivity contribution in [2.24, 2.45) is 0 Å². The molecule has 1 aromatic rings. The first-order valence-electron chi connectivity index (χ1n) is 6.20. The zero-order valence-corrected chi connectivity index (χ0v) is 10.1. The number of nitrogens with one attached hydrogen (secondary N) is 1. The van der Waals surface area contributed by atoms with Gasteiger partial charge in [0.25, 0.3) is 5.69 Å². The molecule has 92 valence electrons. The minimum Gasteiger partial charge on any atom is -0.314 e. The van der Waals surface area contributed by atoms with E-state index in [1.54, 1.807) is 12.1 Å². The number of aryl methyl sites for hydroxylation is 1. The molecule has 0 unspecified atom stereocenters. The number of non-ortho nitro benzene ring substituents is 1. The number of hydrogen-bond acceptors (Lipinski definition) is 3. The third kappa shape index (κ3) is 2.82. The number of hydrogen-bond donors (Lipinski definition) is 1. The van der Waals surface area contributed by atoms with Gasteiger partial charge in [-0.05, 0) is 43.4 Å². The first-order valence-corrected chi connectivity index (χ1v) is 6.20. The second-order valence-corrected chi connectivity index (χ2v) is 4.60. The van der Waals surface area contributed by atoms with Gasteiger partial charge in [-0.15, -0.1) is 0 Å². The average Bonchev–Trinajstić information content (AvgIpc) is 2.35. The molecule has 0 aliphatic heterocycles. The summed E-state index contributed by atoms with van der Waals surface area (Å²) < 4.78 is 0. The molecule has 2 rings (SSSR count). The second-order valence-electron chi connectivity index (χ2n) is 4.60. The summed E-state index contributed by atoms with van der Waals surface area (Å²) in [4.78, 5) is 10.4. The minimum absolute atomic E-state index is 0.208. The Labute approximate surface area is 101 Å². The van der Waals surface area contributed by atoms with Gasteiger partial charge in [-0.25, -0.2) is 0 Å². The molecule has 0 spiro atoms. The van der Waals surface area contributed by atoms with Gasteiger partial charge in [0.2, 0.25) is 0 Å². The number of nitro benzene ring substituents is 1. The maximum atomic E-state index is 10.7. The normalized spacial score (nSPS) is 18.8. The summed E-state index contributed by atoms with van der Waals surface area (Å²) in [6, 6.07) is 5.72. The van der Waals surface area contributed by atoms with Crippen molar-refractivity contribution in [2.45, 2.75) is 38.6 Å². The van der Waals surface area contributed by atoms with Crippen molar-refractivity contribution in [3.63, 3.8) is 0 Å². The third-order valence-corrected chi connectivity index (χ3v) is 3.31. The molecule has 0 amide bonds. The van der Waals surface area contributed by atoms with Crippen LogP contribution in [0, 0.1) is 10.1 Å². The van der Waals surface area contributed by atoms with Crippen LogP contribution in [-0.4, -0.2) is 17.5 Å². The lowest BCUT2D eigenvalue weighted by Gasteiger charge is -2.25. The van der Waals surface area contributed by atoms with Gasteiger partial charge in [-0.1, -0.05) is 13.0 Å². The molecule has 0 bridgehead atoms. The van der Waals surface area contributed by atoms with Crippen molar-refractivity contribution in [1.29, 1.82) is 0 Å². The zero-order valence-electron chi connectivity index (χ0n) is 10.1. The first-order chi connectivity index (χ1) is 8.20. The fourth-order valence-electron chi connectivity index (χ4n) is 2.38. The van der Waals surface area contributed by atoms with Crippen LogP contribution in [0.15, 0.2) is 18.2 Å². The molecule has 1 aliphatic carbocycles. The van der Waals surface area contributed by atoms with E-state index < -0.39 is 0 Å². The maximum Gasteiger partial charge on any atom is 0.269 e. The smallest absolute Gasteiger partial charge is 0.269 e. The first kappa shape index (κ1) is 12.0. The van der Waals surface area contributed by atoms with Crippen molar-refractivity contribution in [1.82, 2.24) is 5.32 Å². The molecule has 0 saturated heterocycles.